The molecule has 0 saturated heterocycles. The third-order valence-corrected chi connectivity index (χ3v) is 2.16. The SMILES string of the molecule is CC1C=C(Cl)C=CC1(C)O.[Na]. The monoisotopic (exact) mass is 181 g/mol. The van der Waals surface area contributed by atoms with E-state index in [1.54, 1.807) is 19.1 Å². The van der Waals surface area contributed by atoms with Crippen LogP contribution in [0.25, 0.3) is 0 Å². The standard InChI is InChI=1S/C8H11ClO.Na/c1-6-5-7(9)3-4-8(6,2)10;/h3-6,10H,1-2H3;. The average molecular weight is 182 g/mol. The van der Waals surface area contributed by atoms with Crippen LogP contribution in [0.1, 0.15) is 13.8 Å². The van der Waals surface area contributed by atoms with Gasteiger partial charge in [0, 0.05) is 40.5 Å². The largest absolute Gasteiger partial charge is 0.385 e. The first-order chi connectivity index (χ1) is 4.52. The van der Waals surface area contributed by atoms with Gasteiger partial charge in [0.25, 0.3) is 0 Å². The Bertz CT molecular complexity index is 196. The first-order valence-corrected chi connectivity index (χ1v) is 3.69. The molecule has 1 aliphatic rings. The van der Waals surface area contributed by atoms with Crippen LogP contribution in [-0.2, 0) is 0 Å². The van der Waals surface area contributed by atoms with Gasteiger partial charge in [0.15, 0.2) is 0 Å². The van der Waals surface area contributed by atoms with Crippen LogP contribution in [0.3, 0.4) is 0 Å². The van der Waals surface area contributed by atoms with Crippen LogP contribution >= 0.6 is 11.6 Å². The van der Waals surface area contributed by atoms with E-state index in [1.807, 2.05) is 13.0 Å². The normalized spacial score (nSPS) is 36.0. The number of hydrogen-bond donors (Lipinski definition) is 1. The fourth-order valence-electron chi connectivity index (χ4n) is 0.863. The molecular formula is C8H11ClNaO. The van der Waals surface area contributed by atoms with Crippen molar-refractivity contribution in [3.63, 3.8) is 0 Å². The smallest absolute Gasteiger partial charge is 0.0863 e. The van der Waals surface area contributed by atoms with Gasteiger partial charge < -0.3 is 5.11 Å². The second kappa shape index (κ2) is 4.11. The second-order valence-electron chi connectivity index (χ2n) is 2.90. The van der Waals surface area contributed by atoms with Crippen molar-refractivity contribution in [2.75, 3.05) is 0 Å². The van der Waals surface area contributed by atoms with Crippen molar-refractivity contribution in [1.29, 1.82) is 0 Å². The summed E-state index contributed by atoms with van der Waals surface area (Å²) in [5.41, 5.74) is -0.724. The molecule has 1 aliphatic carbocycles. The van der Waals surface area contributed by atoms with Gasteiger partial charge in [-0.2, -0.15) is 0 Å². The minimum Gasteiger partial charge on any atom is -0.385 e. The fourth-order valence-corrected chi connectivity index (χ4v) is 1.12. The quantitative estimate of drug-likeness (QED) is 0.564. The molecule has 0 aromatic carbocycles. The fraction of sp³-hybridized carbons (Fsp3) is 0.500. The van der Waals surface area contributed by atoms with E-state index in [4.69, 9.17) is 11.6 Å². The maximum absolute atomic E-state index is 9.57. The maximum Gasteiger partial charge on any atom is 0.0863 e. The number of halogens is 1. The molecule has 1 N–H and O–H groups in total. The Kier molecular flexibility index (Phi) is 4.38. The van der Waals surface area contributed by atoms with Crippen LogP contribution in [0.2, 0.25) is 0 Å². The molecule has 0 heterocycles. The summed E-state index contributed by atoms with van der Waals surface area (Å²) in [6.07, 6.45) is 5.29. The Labute approximate surface area is 94.4 Å². The third-order valence-electron chi connectivity index (χ3n) is 1.91. The van der Waals surface area contributed by atoms with E-state index in [9.17, 15) is 5.11 Å². The molecule has 0 fully saturated rings. The van der Waals surface area contributed by atoms with Crippen molar-refractivity contribution in [2.24, 2.45) is 5.92 Å². The molecule has 0 saturated carbocycles. The van der Waals surface area contributed by atoms with Crippen molar-refractivity contribution in [2.45, 2.75) is 19.4 Å². The zero-order chi connectivity index (χ0) is 7.78. The third kappa shape index (κ3) is 2.92. The minimum atomic E-state index is -0.724. The molecule has 0 bridgehead atoms. The first kappa shape index (κ1) is 11.7. The van der Waals surface area contributed by atoms with Gasteiger partial charge in [-0.05, 0) is 13.0 Å². The van der Waals surface area contributed by atoms with Gasteiger partial charge in [-0.25, -0.2) is 0 Å². The van der Waals surface area contributed by atoms with E-state index in [0.29, 0.717) is 5.03 Å². The van der Waals surface area contributed by atoms with Gasteiger partial charge in [-0.1, -0.05) is 30.7 Å². The number of hydrogen-bond acceptors (Lipinski definition) is 1. The molecule has 2 unspecified atom stereocenters. The Balaban J connectivity index is 0.000001000. The van der Waals surface area contributed by atoms with Gasteiger partial charge in [0.1, 0.15) is 0 Å². The van der Waals surface area contributed by atoms with E-state index in [2.05, 4.69) is 0 Å². The summed E-state index contributed by atoms with van der Waals surface area (Å²) in [6, 6.07) is 0. The van der Waals surface area contributed by atoms with Crippen molar-refractivity contribution in [3.8, 4) is 0 Å². The van der Waals surface area contributed by atoms with Crippen LogP contribution in [0.15, 0.2) is 23.3 Å². The molecular weight excluding hydrogens is 171 g/mol. The van der Waals surface area contributed by atoms with Crippen LogP contribution in [0.4, 0.5) is 0 Å². The molecule has 1 nitrogen and oxygen atoms in total. The van der Waals surface area contributed by atoms with Crippen molar-refractivity contribution in [1.82, 2.24) is 0 Å². The van der Waals surface area contributed by atoms with E-state index in [0.717, 1.165) is 0 Å². The summed E-state index contributed by atoms with van der Waals surface area (Å²) >= 11 is 5.70. The Hall–Kier alpha value is 0.730. The molecule has 57 valence electrons. The van der Waals surface area contributed by atoms with E-state index in [1.165, 1.54) is 0 Å². The van der Waals surface area contributed by atoms with E-state index in [-0.39, 0.29) is 35.5 Å². The van der Waals surface area contributed by atoms with E-state index < -0.39 is 5.60 Å². The number of allylic oxidation sites excluding steroid dienone is 2. The Morgan fingerprint density at radius 2 is 2.18 bits per heavy atom. The zero-order valence-corrected chi connectivity index (χ0v) is 9.89. The molecule has 0 aliphatic heterocycles. The number of aliphatic hydroxyl groups is 1. The molecule has 1 rings (SSSR count). The second-order valence-corrected chi connectivity index (χ2v) is 3.34. The van der Waals surface area contributed by atoms with Crippen molar-refractivity contribution < 1.29 is 5.11 Å². The molecule has 0 spiro atoms. The summed E-state index contributed by atoms with van der Waals surface area (Å²) in [6.45, 7) is 3.71. The molecule has 0 amide bonds. The van der Waals surface area contributed by atoms with E-state index >= 15 is 0 Å². The van der Waals surface area contributed by atoms with Crippen LogP contribution in [0, 0.1) is 5.92 Å². The molecule has 2 atom stereocenters. The van der Waals surface area contributed by atoms with Gasteiger partial charge >= 0.3 is 0 Å². The van der Waals surface area contributed by atoms with Gasteiger partial charge in [-0.3, -0.25) is 0 Å². The molecule has 1 radical (unpaired) electrons. The molecule has 0 aromatic rings. The van der Waals surface area contributed by atoms with Crippen LogP contribution < -0.4 is 0 Å². The summed E-state index contributed by atoms with van der Waals surface area (Å²) in [5.74, 6) is 0.102. The summed E-state index contributed by atoms with van der Waals surface area (Å²) in [5, 5.41) is 10.3. The van der Waals surface area contributed by atoms with Crippen molar-refractivity contribution >= 4 is 41.2 Å². The minimum absolute atomic E-state index is 0. The summed E-state index contributed by atoms with van der Waals surface area (Å²) < 4.78 is 0. The predicted octanol–water partition coefficient (Wildman–Crippen LogP) is 1.69. The predicted molar refractivity (Wildman–Crippen MR) is 48.6 cm³/mol. The number of rotatable bonds is 0. The molecule has 11 heavy (non-hydrogen) atoms. The first-order valence-electron chi connectivity index (χ1n) is 3.31. The van der Waals surface area contributed by atoms with Gasteiger partial charge in [-0.15, -0.1) is 0 Å². The summed E-state index contributed by atoms with van der Waals surface area (Å²) in [7, 11) is 0. The Morgan fingerprint density at radius 1 is 1.64 bits per heavy atom. The topological polar surface area (TPSA) is 20.2 Å². The Morgan fingerprint density at radius 3 is 2.55 bits per heavy atom. The zero-order valence-electron chi connectivity index (χ0n) is 7.13. The van der Waals surface area contributed by atoms with Crippen molar-refractivity contribution in [3.05, 3.63) is 23.3 Å². The average Bonchev–Trinajstić information content (AvgIpc) is 1.81. The summed E-state index contributed by atoms with van der Waals surface area (Å²) in [4.78, 5) is 0. The van der Waals surface area contributed by atoms with Gasteiger partial charge in [0.2, 0.25) is 0 Å². The molecule has 0 aromatic heterocycles. The van der Waals surface area contributed by atoms with Crippen LogP contribution in [0.5, 0.6) is 0 Å². The maximum atomic E-state index is 9.57. The van der Waals surface area contributed by atoms with Gasteiger partial charge in [0.05, 0.1) is 5.60 Å². The molecule has 3 heteroatoms. The van der Waals surface area contributed by atoms with Crippen LogP contribution in [-0.4, -0.2) is 40.3 Å².